The Kier molecular flexibility index (Phi) is 7.05. The summed E-state index contributed by atoms with van der Waals surface area (Å²) in [5.41, 5.74) is 0.407. The molecule has 0 heterocycles. The lowest BCUT2D eigenvalue weighted by molar-refractivity contribution is 0.0769. The molecule has 0 spiro atoms. The van der Waals surface area contributed by atoms with Gasteiger partial charge in [0, 0.05) is 13.1 Å². The summed E-state index contributed by atoms with van der Waals surface area (Å²) in [5, 5.41) is 0.347. The lowest BCUT2D eigenvalue weighted by atomic mass is 10.1. The molecule has 0 aliphatic heterocycles. The molecular weight excluding hydrogens is 358 g/mol. The Morgan fingerprint density at radius 3 is 2.52 bits per heavy atom. The van der Waals surface area contributed by atoms with E-state index in [0.717, 1.165) is 0 Å². The van der Waals surface area contributed by atoms with Gasteiger partial charge >= 0.3 is 0 Å². The van der Waals surface area contributed by atoms with Crippen LogP contribution in [0.3, 0.4) is 0 Å². The van der Waals surface area contributed by atoms with Crippen molar-refractivity contribution in [2.45, 2.75) is 13.8 Å². The Morgan fingerprint density at radius 1 is 1.43 bits per heavy atom. The van der Waals surface area contributed by atoms with Gasteiger partial charge in [0.1, 0.15) is 16.8 Å². The molecule has 0 aromatic heterocycles. The molecule has 0 unspecified atom stereocenters. The molecule has 21 heavy (non-hydrogen) atoms. The highest BCUT2D eigenvalue weighted by Crippen LogP contribution is 2.43. The molecule has 0 saturated carbocycles. The maximum absolute atomic E-state index is 12.5. The van der Waals surface area contributed by atoms with Gasteiger partial charge in [-0.25, -0.2) is 0 Å². The summed E-state index contributed by atoms with van der Waals surface area (Å²) in [6.45, 7) is 8.98. The second-order valence-electron chi connectivity index (χ2n) is 4.16. The predicted octanol–water partition coefficient (Wildman–Crippen LogP) is 4.16. The van der Waals surface area contributed by atoms with Crippen molar-refractivity contribution in [2.24, 2.45) is 0 Å². The fourth-order valence-electron chi connectivity index (χ4n) is 1.90. The van der Waals surface area contributed by atoms with E-state index in [-0.39, 0.29) is 5.91 Å². The summed E-state index contributed by atoms with van der Waals surface area (Å²) in [6, 6.07) is 1.57. The van der Waals surface area contributed by atoms with Crippen LogP contribution in [-0.4, -0.2) is 37.6 Å². The van der Waals surface area contributed by atoms with Gasteiger partial charge in [0.2, 0.25) is 0 Å². The Bertz CT molecular complexity index is 530. The summed E-state index contributed by atoms with van der Waals surface area (Å²) < 4.78 is 11.4. The zero-order valence-electron chi connectivity index (χ0n) is 12.4. The number of amides is 1. The molecule has 4 nitrogen and oxygen atoms in total. The highest BCUT2D eigenvalue weighted by atomic mass is 79.9. The number of hydrogen-bond acceptors (Lipinski definition) is 3. The van der Waals surface area contributed by atoms with Crippen molar-refractivity contribution in [3.8, 4) is 11.5 Å². The predicted molar refractivity (Wildman–Crippen MR) is 88.6 cm³/mol. The van der Waals surface area contributed by atoms with Crippen LogP contribution in [0.15, 0.2) is 23.2 Å². The van der Waals surface area contributed by atoms with Crippen molar-refractivity contribution in [1.29, 1.82) is 0 Å². The maximum Gasteiger partial charge on any atom is 0.257 e. The standard InChI is InChI=1S/C15H19BrClNO3/c1-5-8-21-14-11(17)9-10(13(20-4)12(14)16)15(19)18(6-2)7-3/h5,9H,1,6-8H2,2-4H3. The first kappa shape index (κ1) is 17.9. The zero-order chi connectivity index (χ0) is 16.0. The SMILES string of the molecule is C=CCOc1c(Cl)cc(C(=O)N(CC)CC)c(OC)c1Br. The van der Waals surface area contributed by atoms with Gasteiger partial charge in [-0.3, -0.25) is 4.79 Å². The average Bonchev–Trinajstić information content (AvgIpc) is 2.47. The Morgan fingerprint density at radius 2 is 2.05 bits per heavy atom. The summed E-state index contributed by atoms with van der Waals surface area (Å²) >= 11 is 9.61. The molecule has 0 aliphatic carbocycles. The third-order valence-electron chi connectivity index (χ3n) is 2.96. The van der Waals surface area contributed by atoms with E-state index in [1.807, 2.05) is 13.8 Å². The highest BCUT2D eigenvalue weighted by molar-refractivity contribution is 9.10. The minimum atomic E-state index is -0.130. The molecule has 1 aromatic rings. The number of nitrogens with zero attached hydrogens (tertiary/aromatic N) is 1. The van der Waals surface area contributed by atoms with Crippen molar-refractivity contribution < 1.29 is 14.3 Å². The fourth-order valence-corrected chi connectivity index (χ4v) is 2.97. The molecule has 0 N–H and O–H groups in total. The number of carbonyl (C=O) groups excluding carboxylic acids is 1. The summed E-state index contributed by atoms with van der Waals surface area (Å²) in [5.74, 6) is 0.717. The number of ether oxygens (including phenoxy) is 2. The molecule has 0 bridgehead atoms. The second-order valence-corrected chi connectivity index (χ2v) is 5.36. The molecule has 0 saturated heterocycles. The Labute approximate surface area is 138 Å². The van der Waals surface area contributed by atoms with Crippen LogP contribution in [0.1, 0.15) is 24.2 Å². The van der Waals surface area contributed by atoms with Crippen LogP contribution in [0.4, 0.5) is 0 Å². The Hall–Kier alpha value is -1.20. The third-order valence-corrected chi connectivity index (χ3v) is 3.96. The first-order valence-electron chi connectivity index (χ1n) is 6.60. The summed E-state index contributed by atoms with van der Waals surface area (Å²) in [6.07, 6.45) is 1.62. The molecule has 1 amide bonds. The van der Waals surface area contributed by atoms with Crippen LogP contribution < -0.4 is 9.47 Å². The monoisotopic (exact) mass is 375 g/mol. The van der Waals surface area contributed by atoms with E-state index < -0.39 is 0 Å². The van der Waals surface area contributed by atoms with Gasteiger partial charge in [-0.2, -0.15) is 0 Å². The van der Waals surface area contributed by atoms with Gasteiger partial charge in [0.25, 0.3) is 5.91 Å². The topological polar surface area (TPSA) is 38.8 Å². The number of rotatable bonds is 7. The molecule has 0 atom stereocenters. The van der Waals surface area contributed by atoms with E-state index in [1.165, 1.54) is 7.11 Å². The summed E-state index contributed by atoms with van der Waals surface area (Å²) in [7, 11) is 1.50. The lowest BCUT2D eigenvalue weighted by Crippen LogP contribution is -2.30. The number of benzene rings is 1. The molecule has 6 heteroatoms. The third kappa shape index (κ3) is 3.92. The smallest absolute Gasteiger partial charge is 0.257 e. The molecular formula is C15H19BrClNO3. The molecule has 0 radical (unpaired) electrons. The molecule has 116 valence electrons. The van der Waals surface area contributed by atoms with Gasteiger partial charge in [-0.05, 0) is 35.8 Å². The van der Waals surface area contributed by atoms with E-state index in [1.54, 1.807) is 17.0 Å². The van der Waals surface area contributed by atoms with E-state index in [0.29, 0.717) is 46.3 Å². The average molecular weight is 377 g/mol. The van der Waals surface area contributed by atoms with Crippen LogP contribution in [-0.2, 0) is 0 Å². The number of halogens is 2. The highest BCUT2D eigenvalue weighted by Gasteiger charge is 2.24. The van der Waals surface area contributed by atoms with Crippen molar-refractivity contribution in [3.63, 3.8) is 0 Å². The molecule has 1 rings (SSSR count). The number of methoxy groups -OCH3 is 1. The van der Waals surface area contributed by atoms with E-state index in [9.17, 15) is 4.79 Å². The van der Waals surface area contributed by atoms with Gasteiger partial charge in [-0.1, -0.05) is 24.3 Å². The van der Waals surface area contributed by atoms with E-state index in [2.05, 4.69) is 22.5 Å². The zero-order valence-corrected chi connectivity index (χ0v) is 14.8. The lowest BCUT2D eigenvalue weighted by Gasteiger charge is -2.21. The van der Waals surface area contributed by atoms with Gasteiger partial charge < -0.3 is 14.4 Å². The molecule has 0 fully saturated rings. The Balaban J connectivity index is 3.34. The van der Waals surface area contributed by atoms with Gasteiger partial charge in [0.05, 0.1) is 17.7 Å². The van der Waals surface area contributed by atoms with E-state index in [4.69, 9.17) is 21.1 Å². The van der Waals surface area contributed by atoms with Crippen LogP contribution >= 0.6 is 27.5 Å². The van der Waals surface area contributed by atoms with Crippen LogP contribution in [0.5, 0.6) is 11.5 Å². The molecule has 0 aliphatic rings. The van der Waals surface area contributed by atoms with Crippen molar-refractivity contribution >= 4 is 33.4 Å². The fraction of sp³-hybridized carbons (Fsp3) is 0.400. The van der Waals surface area contributed by atoms with Crippen molar-refractivity contribution in [3.05, 3.63) is 33.8 Å². The van der Waals surface area contributed by atoms with Crippen LogP contribution in [0, 0.1) is 0 Å². The van der Waals surface area contributed by atoms with Crippen molar-refractivity contribution in [2.75, 3.05) is 26.8 Å². The number of carbonyl (C=O) groups is 1. The molecule has 1 aromatic carbocycles. The minimum absolute atomic E-state index is 0.130. The van der Waals surface area contributed by atoms with Gasteiger partial charge in [-0.15, -0.1) is 0 Å². The maximum atomic E-state index is 12.5. The van der Waals surface area contributed by atoms with Crippen molar-refractivity contribution in [1.82, 2.24) is 4.90 Å². The first-order valence-corrected chi connectivity index (χ1v) is 7.77. The largest absolute Gasteiger partial charge is 0.495 e. The quantitative estimate of drug-likeness (QED) is 0.671. The summed E-state index contributed by atoms with van der Waals surface area (Å²) in [4.78, 5) is 14.2. The minimum Gasteiger partial charge on any atom is -0.495 e. The number of hydrogen-bond donors (Lipinski definition) is 0. The normalized spacial score (nSPS) is 10.1. The first-order chi connectivity index (χ1) is 10.0. The van der Waals surface area contributed by atoms with Crippen LogP contribution in [0.2, 0.25) is 5.02 Å². The second kappa shape index (κ2) is 8.29. The van der Waals surface area contributed by atoms with E-state index >= 15 is 0 Å². The van der Waals surface area contributed by atoms with Crippen LogP contribution in [0.25, 0.3) is 0 Å². The van der Waals surface area contributed by atoms with Gasteiger partial charge in [0.15, 0.2) is 5.75 Å².